The van der Waals surface area contributed by atoms with Gasteiger partial charge in [0.25, 0.3) is 11.5 Å². The summed E-state index contributed by atoms with van der Waals surface area (Å²) in [5.74, 6) is -0.442. The van der Waals surface area contributed by atoms with Crippen LogP contribution in [-0.4, -0.2) is 42.2 Å². The molecule has 1 aromatic carbocycles. The second-order valence-corrected chi connectivity index (χ2v) is 7.46. The maximum Gasteiger partial charge on any atom is 0.340 e. The summed E-state index contributed by atoms with van der Waals surface area (Å²) in [6.45, 7) is 1.12. The van der Waals surface area contributed by atoms with Crippen LogP contribution in [0.2, 0.25) is 0 Å². The first-order valence-electron chi connectivity index (χ1n) is 9.13. The van der Waals surface area contributed by atoms with Crippen LogP contribution in [0.5, 0.6) is 0 Å². The summed E-state index contributed by atoms with van der Waals surface area (Å²) in [4.78, 5) is 31.4. The highest BCUT2D eigenvalue weighted by molar-refractivity contribution is 7.08. The zero-order valence-corrected chi connectivity index (χ0v) is 16.5. The van der Waals surface area contributed by atoms with E-state index in [2.05, 4.69) is 15.4 Å². The van der Waals surface area contributed by atoms with Crippen molar-refractivity contribution in [3.63, 3.8) is 0 Å². The summed E-state index contributed by atoms with van der Waals surface area (Å²) in [5.41, 5.74) is 1.83. The highest BCUT2D eigenvalue weighted by atomic mass is 32.1. The number of rotatable bonds is 4. The maximum atomic E-state index is 12.6. The van der Waals surface area contributed by atoms with Gasteiger partial charge in [-0.05, 0) is 23.8 Å². The van der Waals surface area contributed by atoms with Gasteiger partial charge in [-0.2, -0.15) is 0 Å². The third-order valence-corrected chi connectivity index (χ3v) is 5.71. The van der Waals surface area contributed by atoms with E-state index < -0.39 is 5.97 Å². The van der Waals surface area contributed by atoms with Gasteiger partial charge < -0.3 is 20.2 Å². The van der Waals surface area contributed by atoms with Crippen LogP contribution in [0.4, 0.5) is 11.6 Å². The van der Waals surface area contributed by atoms with Crippen LogP contribution in [0.3, 0.4) is 0 Å². The Morgan fingerprint density at radius 2 is 2.03 bits per heavy atom. The first-order valence-corrected chi connectivity index (χ1v) is 10.1. The fraction of sp³-hybridized carbons (Fsp3) is 0.316. The van der Waals surface area contributed by atoms with Crippen molar-refractivity contribution in [3.8, 4) is 0 Å². The number of amides is 1. The Morgan fingerprint density at radius 3 is 2.79 bits per heavy atom. The van der Waals surface area contributed by atoms with Crippen molar-refractivity contribution in [1.82, 2.24) is 10.1 Å². The van der Waals surface area contributed by atoms with Crippen LogP contribution in [0, 0.1) is 11.1 Å². The predicted molar refractivity (Wildman–Crippen MR) is 108 cm³/mol. The lowest BCUT2D eigenvalue weighted by Gasteiger charge is -2.30. The van der Waals surface area contributed by atoms with Gasteiger partial charge in [-0.15, -0.1) is 11.3 Å². The number of methoxy groups -OCH3 is 1. The van der Waals surface area contributed by atoms with Gasteiger partial charge in [-0.3, -0.25) is 4.79 Å². The SMILES string of the molecule is COC(=O)c1cscc1NC(=O)C1CCN(c2nc3ccccc3[n+]([O-])n2)CC1. The monoisotopic (exact) mass is 413 g/mol. The fourth-order valence-electron chi connectivity index (χ4n) is 3.36. The molecular weight excluding hydrogens is 394 g/mol. The number of nitrogens with one attached hydrogen (secondary N) is 1. The van der Waals surface area contributed by atoms with Gasteiger partial charge >= 0.3 is 5.97 Å². The van der Waals surface area contributed by atoms with E-state index in [1.807, 2.05) is 11.0 Å². The molecule has 29 heavy (non-hydrogen) atoms. The van der Waals surface area contributed by atoms with Gasteiger partial charge in [0.1, 0.15) is 5.52 Å². The Hall–Kier alpha value is -3.27. The quantitative estimate of drug-likeness (QED) is 0.395. The summed E-state index contributed by atoms with van der Waals surface area (Å²) in [6, 6.07) is 7.04. The second kappa shape index (κ2) is 8.00. The molecule has 0 spiro atoms. The summed E-state index contributed by atoms with van der Waals surface area (Å²) in [7, 11) is 1.31. The number of ether oxygens (including phenoxy) is 1. The normalized spacial score (nSPS) is 14.7. The van der Waals surface area contributed by atoms with E-state index in [-0.39, 0.29) is 11.8 Å². The number of aromatic nitrogens is 3. The number of carbonyl (C=O) groups is 2. The molecule has 2 aromatic heterocycles. The van der Waals surface area contributed by atoms with Gasteiger partial charge in [-0.1, -0.05) is 12.1 Å². The van der Waals surface area contributed by atoms with Crippen molar-refractivity contribution in [3.05, 3.63) is 45.8 Å². The zero-order chi connectivity index (χ0) is 20.4. The van der Waals surface area contributed by atoms with Crippen LogP contribution in [-0.2, 0) is 9.53 Å². The first kappa shape index (κ1) is 19.1. The van der Waals surface area contributed by atoms with Crippen LogP contribution in [0.25, 0.3) is 11.0 Å². The summed E-state index contributed by atoms with van der Waals surface area (Å²) < 4.78 is 4.73. The van der Waals surface area contributed by atoms with Crippen molar-refractivity contribution < 1.29 is 19.2 Å². The van der Waals surface area contributed by atoms with Gasteiger partial charge in [-0.25, -0.2) is 9.78 Å². The third-order valence-electron chi connectivity index (χ3n) is 4.96. The minimum atomic E-state index is -0.476. The number of benzene rings is 1. The van der Waals surface area contributed by atoms with Crippen molar-refractivity contribution in [2.45, 2.75) is 12.8 Å². The summed E-state index contributed by atoms with van der Waals surface area (Å²) >= 11 is 1.33. The standard InChI is InChI=1S/C19H19N5O4S/c1-28-18(26)13-10-29-11-15(13)20-17(25)12-6-8-23(9-7-12)19-21-14-4-2-3-5-16(14)24(27)22-19/h2-5,10-12H,6-9H2,1H3,(H,20,25). The molecule has 0 aliphatic carbocycles. The third kappa shape index (κ3) is 3.83. The second-order valence-electron chi connectivity index (χ2n) is 6.71. The lowest BCUT2D eigenvalue weighted by molar-refractivity contribution is -0.641. The molecule has 1 amide bonds. The van der Waals surface area contributed by atoms with Crippen molar-refractivity contribution in [2.75, 3.05) is 30.4 Å². The van der Waals surface area contributed by atoms with Crippen molar-refractivity contribution in [1.29, 1.82) is 0 Å². The van der Waals surface area contributed by atoms with Gasteiger partial charge in [0.05, 0.1) is 23.5 Å². The van der Waals surface area contributed by atoms with Crippen molar-refractivity contribution in [2.24, 2.45) is 5.92 Å². The molecule has 1 fully saturated rings. The highest BCUT2D eigenvalue weighted by Crippen LogP contribution is 2.26. The number of hydrogen-bond acceptors (Lipinski definition) is 8. The maximum absolute atomic E-state index is 12.6. The molecule has 0 unspecified atom stereocenters. The molecule has 0 bridgehead atoms. The molecule has 4 rings (SSSR count). The number of esters is 1. The Labute approximate surface area is 170 Å². The van der Waals surface area contributed by atoms with E-state index in [1.165, 1.54) is 18.4 Å². The molecule has 9 nitrogen and oxygen atoms in total. The number of hydrogen-bond donors (Lipinski definition) is 1. The lowest BCUT2D eigenvalue weighted by Crippen LogP contribution is -2.42. The van der Waals surface area contributed by atoms with Gasteiger partial charge in [0, 0.05) is 35.8 Å². The molecule has 0 atom stereocenters. The van der Waals surface area contributed by atoms with Crippen LogP contribution < -0.4 is 15.1 Å². The fourth-order valence-corrected chi connectivity index (χ4v) is 4.11. The Kier molecular flexibility index (Phi) is 5.26. The molecule has 1 N–H and O–H groups in total. The number of nitrogens with zero attached hydrogens (tertiary/aromatic N) is 4. The number of piperidine rings is 1. The minimum Gasteiger partial charge on any atom is -0.594 e. The zero-order valence-electron chi connectivity index (χ0n) is 15.7. The largest absolute Gasteiger partial charge is 0.594 e. The lowest BCUT2D eigenvalue weighted by atomic mass is 9.96. The summed E-state index contributed by atoms with van der Waals surface area (Å²) in [5, 5.41) is 22.4. The number of anilines is 2. The summed E-state index contributed by atoms with van der Waals surface area (Å²) in [6.07, 6.45) is 1.19. The number of thiophene rings is 1. The minimum absolute atomic E-state index is 0.133. The average Bonchev–Trinajstić information content (AvgIpc) is 3.21. The Bertz CT molecular complexity index is 1060. The molecule has 0 radical (unpaired) electrons. The number of fused-ring (bicyclic) bond motifs is 1. The van der Waals surface area contributed by atoms with E-state index >= 15 is 0 Å². The Morgan fingerprint density at radius 1 is 1.28 bits per heavy atom. The predicted octanol–water partition coefficient (Wildman–Crippen LogP) is 1.97. The Balaban J connectivity index is 1.41. The van der Waals surface area contributed by atoms with Gasteiger partial charge in [0.15, 0.2) is 0 Å². The molecule has 3 aromatic rings. The average molecular weight is 413 g/mol. The van der Waals surface area contributed by atoms with Crippen LogP contribution in [0.1, 0.15) is 23.2 Å². The molecule has 1 aliphatic heterocycles. The molecule has 1 saturated heterocycles. The number of carbonyl (C=O) groups excluding carboxylic acids is 2. The molecule has 0 saturated carbocycles. The van der Waals surface area contributed by atoms with E-state index in [1.54, 1.807) is 29.0 Å². The van der Waals surface area contributed by atoms with Crippen LogP contribution >= 0.6 is 11.3 Å². The first-order chi connectivity index (χ1) is 14.1. The number of para-hydroxylation sites is 2. The van der Waals surface area contributed by atoms with E-state index in [9.17, 15) is 14.8 Å². The van der Waals surface area contributed by atoms with Crippen LogP contribution in [0.15, 0.2) is 35.0 Å². The topological polar surface area (TPSA) is 111 Å². The van der Waals surface area contributed by atoms with Gasteiger partial charge in [0.2, 0.25) is 5.91 Å². The highest BCUT2D eigenvalue weighted by Gasteiger charge is 2.28. The molecular formula is C19H19N5O4S. The van der Waals surface area contributed by atoms with E-state index in [0.29, 0.717) is 59.0 Å². The van der Waals surface area contributed by atoms with Crippen molar-refractivity contribution >= 4 is 45.9 Å². The van der Waals surface area contributed by atoms with E-state index in [4.69, 9.17) is 4.74 Å². The molecule has 1 aliphatic rings. The smallest absolute Gasteiger partial charge is 0.340 e. The van der Waals surface area contributed by atoms with E-state index in [0.717, 1.165) is 0 Å². The molecule has 150 valence electrons. The molecule has 10 heteroatoms. The molecule has 3 heterocycles.